The fraction of sp³-hybridized carbons (Fsp3) is 0.333. The molecule has 3 aromatic rings. The second kappa shape index (κ2) is 13.6. The molecule has 0 radical (unpaired) electrons. The molecular formula is C24H32IN5O3. The number of hydrogen-bond acceptors (Lipinski definition) is 5. The van der Waals surface area contributed by atoms with Crippen LogP contribution in [0, 0.1) is 0 Å². The number of nitrogens with zero attached hydrogens (tertiary/aromatic N) is 3. The summed E-state index contributed by atoms with van der Waals surface area (Å²) in [6.07, 6.45) is 3.90. The molecule has 0 fully saturated rings. The van der Waals surface area contributed by atoms with Crippen LogP contribution in [0.5, 0.6) is 17.2 Å². The van der Waals surface area contributed by atoms with Crippen LogP contribution in [0.3, 0.4) is 0 Å². The second-order valence-corrected chi connectivity index (χ2v) is 7.45. The molecule has 2 N–H and O–H groups in total. The third-order valence-corrected chi connectivity index (χ3v) is 4.39. The Balaban J connectivity index is 0.00000385. The van der Waals surface area contributed by atoms with Gasteiger partial charge in [0.1, 0.15) is 23.9 Å². The van der Waals surface area contributed by atoms with Crippen molar-refractivity contribution in [1.82, 2.24) is 15.1 Å². The van der Waals surface area contributed by atoms with Crippen molar-refractivity contribution in [3.63, 3.8) is 0 Å². The first-order chi connectivity index (χ1) is 15.5. The number of ether oxygens (including phenoxy) is 3. The zero-order chi connectivity index (χ0) is 22.8. The van der Waals surface area contributed by atoms with Crippen molar-refractivity contribution in [1.29, 1.82) is 0 Å². The number of aryl methyl sites for hydroxylation is 1. The number of nitrogens with one attached hydrogen (secondary N) is 2. The number of aliphatic imine (C=N–C) groups is 1. The minimum Gasteiger partial charge on any atom is -0.497 e. The van der Waals surface area contributed by atoms with E-state index in [1.165, 1.54) is 0 Å². The summed E-state index contributed by atoms with van der Waals surface area (Å²) in [4.78, 5) is 4.68. The Labute approximate surface area is 212 Å². The second-order valence-electron chi connectivity index (χ2n) is 7.45. The van der Waals surface area contributed by atoms with Gasteiger partial charge in [0.05, 0.1) is 32.5 Å². The summed E-state index contributed by atoms with van der Waals surface area (Å²) in [5.41, 5.74) is 1.94. The van der Waals surface area contributed by atoms with Gasteiger partial charge in [0.2, 0.25) is 0 Å². The topological polar surface area (TPSA) is 81.9 Å². The maximum absolute atomic E-state index is 5.79. The zero-order valence-electron chi connectivity index (χ0n) is 19.4. The lowest BCUT2D eigenvalue weighted by Crippen LogP contribution is -2.34. The third kappa shape index (κ3) is 9.21. The minimum atomic E-state index is 0. The molecular weight excluding hydrogens is 533 g/mol. The Morgan fingerprint density at radius 1 is 1.03 bits per heavy atom. The van der Waals surface area contributed by atoms with Gasteiger partial charge in [-0.2, -0.15) is 5.10 Å². The van der Waals surface area contributed by atoms with Gasteiger partial charge in [-0.1, -0.05) is 0 Å². The van der Waals surface area contributed by atoms with E-state index in [-0.39, 0.29) is 30.1 Å². The number of anilines is 1. The van der Waals surface area contributed by atoms with Gasteiger partial charge in [0.25, 0.3) is 0 Å². The Bertz CT molecular complexity index is 988. The normalized spacial score (nSPS) is 11.0. The van der Waals surface area contributed by atoms with Crippen LogP contribution >= 0.6 is 24.0 Å². The van der Waals surface area contributed by atoms with Crippen LogP contribution in [-0.4, -0.2) is 42.1 Å². The quantitative estimate of drug-likeness (QED) is 0.164. The molecule has 2 aromatic carbocycles. The van der Waals surface area contributed by atoms with Crippen LogP contribution in [0.15, 0.2) is 65.9 Å². The molecule has 8 nitrogen and oxygen atoms in total. The molecule has 1 aromatic heterocycles. The molecule has 0 aliphatic rings. The van der Waals surface area contributed by atoms with E-state index in [1.807, 2.05) is 81.8 Å². The van der Waals surface area contributed by atoms with Gasteiger partial charge >= 0.3 is 0 Å². The summed E-state index contributed by atoms with van der Waals surface area (Å²) in [7, 11) is 3.53. The van der Waals surface area contributed by atoms with Gasteiger partial charge in [-0.15, -0.1) is 24.0 Å². The van der Waals surface area contributed by atoms with Gasteiger partial charge in [-0.3, -0.25) is 4.68 Å². The van der Waals surface area contributed by atoms with Gasteiger partial charge in [-0.05, 0) is 62.4 Å². The van der Waals surface area contributed by atoms with Crippen molar-refractivity contribution in [2.75, 3.05) is 25.6 Å². The first-order valence-electron chi connectivity index (χ1n) is 10.6. The van der Waals surface area contributed by atoms with Crippen molar-refractivity contribution in [3.05, 3.63) is 66.5 Å². The van der Waals surface area contributed by atoms with Crippen molar-refractivity contribution < 1.29 is 14.2 Å². The van der Waals surface area contributed by atoms with Gasteiger partial charge < -0.3 is 24.8 Å². The van der Waals surface area contributed by atoms with E-state index >= 15 is 0 Å². The Morgan fingerprint density at radius 3 is 2.30 bits per heavy atom. The van der Waals surface area contributed by atoms with E-state index in [4.69, 9.17) is 14.2 Å². The monoisotopic (exact) mass is 565 g/mol. The number of rotatable bonds is 10. The summed E-state index contributed by atoms with van der Waals surface area (Å²) in [6, 6.07) is 15.3. The minimum absolute atomic E-state index is 0. The molecule has 0 saturated heterocycles. The van der Waals surface area contributed by atoms with Crippen LogP contribution in [0.25, 0.3) is 0 Å². The fourth-order valence-corrected chi connectivity index (χ4v) is 2.90. The zero-order valence-corrected chi connectivity index (χ0v) is 21.8. The molecule has 3 rings (SSSR count). The average molecular weight is 565 g/mol. The van der Waals surface area contributed by atoms with E-state index < -0.39 is 0 Å². The van der Waals surface area contributed by atoms with Crippen LogP contribution < -0.4 is 24.8 Å². The lowest BCUT2D eigenvalue weighted by molar-refractivity contribution is 0.242. The largest absolute Gasteiger partial charge is 0.497 e. The van der Waals surface area contributed by atoms with E-state index in [0.29, 0.717) is 25.7 Å². The fourth-order valence-electron chi connectivity index (χ4n) is 2.90. The molecule has 1 heterocycles. The van der Waals surface area contributed by atoms with Crippen molar-refractivity contribution in [3.8, 4) is 17.2 Å². The first-order valence-corrected chi connectivity index (χ1v) is 10.6. The Kier molecular flexibility index (Phi) is 10.8. The van der Waals surface area contributed by atoms with Gasteiger partial charge in [-0.25, -0.2) is 4.99 Å². The van der Waals surface area contributed by atoms with Crippen LogP contribution in [0.2, 0.25) is 0 Å². The molecule has 0 unspecified atom stereocenters. The molecule has 0 spiro atoms. The van der Waals surface area contributed by atoms with Gasteiger partial charge in [0, 0.05) is 24.5 Å². The highest BCUT2D eigenvalue weighted by Crippen LogP contribution is 2.18. The van der Waals surface area contributed by atoms with E-state index in [0.717, 1.165) is 28.5 Å². The molecule has 0 amide bonds. The number of benzene rings is 2. The maximum atomic E-state index is 5.79. The highest BCUT2D eigenvalue weighted by Gasteiger charge is 2.04. The van der Waals surface area contributed by atoms with Crippen LogP contribution in [0.1, 0.15) is 19.4 Å². The molecule has 0 aliphatic heterocycles. The molecule has 178 valence electrons. The SMILES string of the molecule is COc1ccc(OCCNC(=NCc2cnn(C)c2)Nc2ccc(OC(C)C)cc2)cc1.I. The maximum Gasteiger partial charge on any atom is 0.196 e. The first kappa shape index (κ1) is 26.3. The molecule has 0 bridgehead atoms. The lowest BCUT2D eigenvalue weighted by atomic mass is 10.3. The number of hydrogen-bond donors (Lipinski definition) is 2. The summed E-state index contributed by atoms with van der Waals surface area (Å²) in [5, 5.41) is 10.8. The van der Waals surface area contributed by atoms with E-state index in [2.05, 4.69) is 20.7 Å². The smallest absolute Gasteiger partial charge is 0.196 e. The Morgan fingerprint density at radius 2 is 1.70 bits per heavy atom. The highest BCUT2D eigenvalue weighted by atomic mass is 127. The molecule has 0 aliphatic carbocycles. The Hall–Kier alpha value is -2.95. The molecule has 0 saturated carbocycles. The molecule has 0 atom stereocenters. The predicted octanol–water partition coefficient (Wildman–Crippen LogP) is 4.47. The number of aromatic nitrogens is 2. The third-order valence-electron chi connectivity index (χ3n) is 4.39. The summed E-state index contributed by atoms with van der Waals surface area (Å²) in [6.45, 7) is 5.60. The van der Waals surface area contributed by atoms with Crippen molar-refractivity contribution in [2.24, 2.45) is 12.0 Å². The van der Waals surface area contributed by atoms with E-state index in [9.17, 15) is 0 Å². The van der Waals surface area contributed by atoms with Crippen molar-refractivity contribution in [2.45, 2.75) is 26.5 Å². The molecule has 33 heavy (non-hydrogen) atoms. The van der Waals surface area contributed by atoms with Gasteiger partial charge in [0.15, 0.2) is 5.96 Å². The van der Waals surface area contributed by atoms with Crippen molar-refractivity contribution >= 4 is 35.6 Å². The molecule has 9 heteroatoms. The van der Waals surface area contributed by atoms with E-state index in [1.54, 1.807) is 11.8 Å². The average Bonchev–Trinajstić information content (AvgIpc) is 3.21. The predicted molar refractivity (Wildman–Crippen MR) is 142 cm³/mol. The summed E-state index contributed by atoms with van der Waals surface area (Å²) >= 11 is 0. The summed E-state index contributed by atoms with van der Waals surface area (Å²) in [5.74, 6) is 3.08. The number of guanidine groups is 1. The number of methoxy groups -OCH3 is 1. The van der Waals surface area contributed by atoms with Crippen LogP contribution in [-0.2, 0) is 13.6 Å². The lowest BCUT2D eigenvalue weighted by Gasteiger charge is -2.14. The number of halogens is 1. The van der Waals surface area contributed by atoms with Crippen LogP contribution in [0.4, 0.5) is 5.69 Å². The summed E-state index contributed by atoms with van der Waals surface area (Å²) < 4.78 is 18.4. The highest BCUT2D eigenvalue weighted by molar-refractivity contribution is 14.0. The standard InChI is InChI=1S/C24H31N5O3.HI/c1-18(2)32-23-7-5-20(6-8-23)28-24(26-15-19-16-27-29(3)17-19)25-13-14-31-22-11-9-21(30-4)10-12-22;/h5-12,16-18H,13-15H2,1-4H3,(H2,25,26,28);1H.